The van der Waals surface area contributed by atoms with Crippen LogP contribution in [0.25, 0.3) is 0 Å². The molecule has 1 aliphatic heterocycles. The Bertz CT molecular complexity index is 315. The molecule has 84 valence electrons. The van der Waals surface area contributed by atoms with Gasteiger partial charge in [0.05, 0.1) is 0 Å². The highest BCUT2D eigenvalue weighted by atomic mass is 35.5. The monoisotopic (exact) mass is 227 g/mol. The first-order valence-electron chi connectivity index (χ1n) is 5.73. The van der Waals surface area contributed by atoms with Gasteiger partial charge in [0.1, 0.15) is 5.76 Å². The number of nitrogens with one attached hydrogen (secondary N) is 1. The second-order valence-corrected chi connectivity index (χ2v) is 4.77. The third-order valence-electron chi connectivity index (χ3n) is 3.40. The summed E-state index contributed by atoms with van der Waals surface area (Å²) in [7, 11) is 0. The van der Waals surface area contributed by atoms with Crippen molar-refractivity contribution in [3.63, 3.8) is 0 Å². The van der Waals surface area contributed by atoms with Crippen molar-refractivity contribution in [3.8, 4) is 0 Å². The van der Waals surface area contributed by atoms with E-state index in [1.54, 1.807) is 0 Å². The summed E-state index contributed by atoms with van der Waals surface area (Å²) >= 11 is 5.78. The van der Waals surface area contributed by atoms with Crippen molar-refractivity contribution in [2.45, 2.75) is 44.6 Å². The van der Waals surface area contributed by atoms with E-state index >= 15 is 0 Å². The lowest BCUT2D eigenvalue weighted by Crippen LogP contribution is -2.49. The second-order valence-electron chi connectivity index (χ2n) is 4.40. The summed E-state index contributed by atoms with van der Waals surface area (Å²) in [5.41, 5.74) is 0.236. The summed E-state index contributed by atoms with van der Waals surface area (Å²) in [6, 6.07) is 3.80. The lowest BCUT2D eigenvalue weighted by Gasteiger charge is -2.37. The highest BCUT2D eigenvalue weighted by Gasteiger charge is 2.30. The lowest BCUT2D eigenvalue weighted by molar-refractivity contribution is 0.230. The molecule has 1 N–H and O–H groups in total. The molecule has 1 aromatic heterocycles. The van der Waals surface area contributed by atoms with Crippen molar-refractivity contribution >= 4 is 11.6 Å². The minimum absolute atomic E-state index is 0.236. The van der Waals surface area contributed by atoms with Gasteiger partial charge in [0.2, 0.25) is 0 Å². The van der Waals surface area contributed by atoms with Crippen LogP contribution in [0.3, 0.4) is 0 Å². The minimum atomic E-state index is 0.236. The van der Waals surface area contributed by atoms with Gasteiger partial charge >= 0.3 is 0 Å². The maximum Gasteiger partial charge on any atom is 0.193 e. The second kappa shape index (κ2) is 4.58. The van der Waals surface area contributed by atoms with E-state index in [2.05, 4.69) is 12.2 Å². The fourth-order valence-corrected chi connectivity index (χ4v) is 2.55. The Morgan fingerprint density at radius 2 is 2.33 bits per heavy atom. The standard InChI is InChI=1S/C12H18ClNO/c1-2-12(7-3-4-8-14-12)9-10-5-6-11(13)15-10/h5-6,14H,2-4,7-9H2,1H3. The molecule has 15 heavy (non-hydrogen) atoms. The predicted octanol–water partition coefficient (Wildman–Crippen LogP) is 3.40. The predicted molar refractivity (Wildman–Crippen MR) is 62.3 cm³/mol. The van der Waals surface area contributed by atoms with Crippen molar-refractivity contribution in [3.05, 3.63) is 23.1 Å². The number of halogens is 1. The molecule has 1 atom stereocenters. The maximum absolute atomic E-state index is 5.78. The summed E-state index contributed by atoms with van der Waals surface area (Å²) in [4.78, 5) is 0. The Labute approximate surface area is 96.0 Å². The average Bonchev–Trinajstić information content (AvgIpc) is 2.65. The third kappa shape index (κ3) is 2.56. The molecular weight excluding hydrogens is 210 g/mol. The molecule has 0 bridgehead atoms. The molecule has 2 rings (SSSR count). The van der Waals surface area contributed by atoms with Gasteiger partial charge in [-0.25, -0.2) is 0 Å². The van der Waals surface area contributed by atoms with Crippen LogP contribution in [0.1, 0.15) is 38.4 Å². The van der Waals surface area contributed by atoms with Crippen LogP contribution in [-0.4, -0.2) is 12.1 Å². The fraction of sp³-hybridized carbons (Fsp3) is 0.667. The van der Waals surface area contributed by atoms with Crippen LogP contribution in [0.5, 0.6) is 0 Å². The van der Waals surface area contributed by atoms with Gasteiger partial charge in [-0.05, 0) is 49.5 Å². The summed E-state index contributed by atoms with van der Waals surface area (Å²) in [5, 5.41) is 4.13. The van der Waals surface area contributed by atoms with Crippen LogP contribution in [-0.2, 0) is 6.42 Å². The first-order valence-corrected chi connectivity index (χ1v) is 6.11. The molecule has 2 heterocycles. The molecule has 1 aromatic rings. The van der Waals surface area contributed by atoms with Crippen LogP contribution in [0.4, 0.5) is 0 Å². The number of hydrogen-bond acceptors (Lipinski definition) is 2. The van der Waals surface area contributed by atoms with E-state index < -0.39 is 0 Å². The molecule has 0 aromatic carbocycles. The molecular formula is C12H18ClNO. The van der Waals surface area contributed by atoms with E-state index in [1.165, 1.54) is 19.3 Å². The zero-order chi connectivity index (χ0) is 10.7. The topological polar surface area (TPSA) is 25.2 Å². The molecule has 2 nitrogen and oxygen atoms in total. The van der Waals surface area contributed by atoms with Gasteiger partial charge in [0, 0.05) is 12.0 Å². The van der Waals surface area contributed by atoms with Crippen molar-refractivity contribution in [2.75, 3.05) is 6.54 Å². The van der Waals surface area contributed by atoms with E-state index in [0.29, 0.717) is 5.22 Å². The zero-order valence-electron chi connectivity index (χ0n) is 9.18. The van der Waals surface area contributed by atoms with E-state index in [9.17, 15) is 0 Å². The smallest absolute Gasteiger partial charge is 0.193 e. The Kier molecular flexibility index (Phi) is 3.37. The molecule has 0 aliphatic carbocycles. The van der Waals surface area contributed by atoms with Crippen molar-refractivity contribution in [1.29, 1.82) is 0 Å². The molecule has 0 radical (unpaired) electrons. The van der Waals surface area contributed by atoms with Crippen molar-refractivity contribution in [1.82, 2.24) is 5.32 Å². The zero-order valence-corrected chi connectivity index (χ0v) is 9.94. The first kappa shape index (κ1) is 11.0. The van der Waals surface area contributed by atoms with E-state index in [4.69, 9.17) is 16.0 Å². The lowest BCUT2D eigenvalue weighted by atomic mass is 9.83. The Morgan fingerprint density at radius 1 is 1.47 bits per heavy atom. The van der Waals surface area contributed by atoms with Gasteiger partial charge in [-0.1, -0.05) is 13.3 Å². The van der Waals surface area contributed by atoms with Gasteiger partial charge in [-0.3, -0.25) is 0 Å². The normalized spacial score (nSPS) is 26.8. The molecule has 0 amide bonds. The highest BCUT2D eigenvalue weighted by Crippen LogP contribution is 2.28. The summed E-state index contributed by atoms with van der Waals surface area (Å²) in [5.74, 6) is 0.997. The number of rotatable bonds is 3. The summed E-state index contributed by atoms with van der Waals surface area (Å²) in [6.07, 6.45) is 5.94. The Morgan fingerprint density at radius 3 is 2.87 bits per heavy atom. The van der Waals surface area contributed by atoms with Crippen LogP contribution in [0, 0.1) is 0 Å². The molecule has 3 heteroatoms. The van der Waals surface area contributed by atoms with Crippen molar-refractivity contribution < 1.29 is 4.42 Å². The highest BCUT2D eigenvalue weighted by molar-refractivity contribution is 6.28. The van der Waals surface area contributed by atoms with Crippen LogP contribution in [0.2, 0.25) is 5.22 Å². The summed E-state index contributed by atoms with van der Waals surface area (Å²) < 4.78 is 5.44. The molecule has 0 spiro atoms. The van der Waals surface area contributed by atoms with E-state index in [1.807, 2.05) is 12.1 Å². The number of hydrogen-bond donors (Lipinski definition) is 1. The van der Waals surface area contributed by atoms with Gasteiger partial charge in [0.15, 0.2) is 5.22 Å². The third-order valence-corrected chi connectivity index (χ3v) is 3.60. The first-order chi connectivity index (χ1) is 7.24. The fourth-order valence-electron chi connectivity index (χ4n) is 2.39. The SMILES string of the molecule is CCC1(Cc2ccc(Cl)o2)CCCCN1. The van der Waals surface area contributed by atoms with Crippen molar-refractivity contribution in [2.24, 2.45) is 0 Å². The number of furan rings is 1. The van der Waals surface area contributed by atoms with E-state index in [-0.39, 0.29) is 5.54 Å². The molecule has 1 saturated heterocycles. The van der Waals surface area contributed by atoms with E-state index in [0.717, 1.165) is 25.1 Å². The molecule has 0 saturated carbocycles. The summed E-state index contributed by atoms with van der Waals surface area (Å²) in [6.45, 7) is 3.37. The maximum atomic E-state index is 5.78. The molecule has 1 unspecified atom stereocenters. The van der Waals surface area contributed by atoms with Crippen LogP contribution in [0.15, 0.2) is 16.5 Å². The Hall–Kier alpha value is -0.470. The van der Waals surface area contributed by atoms with Gasteiger partial charge in [-0.15, -0.1) is 0 Å². The Balaban J connectivity index is 2.06. The molecule has 1 fully saturated rings. The van der Waals surface area contributed by atoms with Gasteiger partial charge < -0.3 is 9.73 Å². The van der Waals surface area contributed by atoms with Crippen LogP contribution < -0.4 is 5.32 Å². The molecule has 1 aliphatic rings. The van der Waals surface area contributed by atoms with Gasteiger partial charge in [0.25, 0.3) is 0 Å². The quantitative estimate of drug-likeness (QED) is 0.856. The average molecular weight is 228 g/mol. The van der Waals surface area contributed by atoms with Crippen LogP contribution >= 0.6 is 11.6 Å². The van der Waals surface area contributed by atoms with Gasteiger partial charge in [-0.2, -0.15) is 0 Å². The minimum Gasteiger partial charge on any atom is -0.450 e. The largest absolute Gasteiger partial charge is 0.450 e. The number of piperidine rings is 1.